The predicted octanol–water partition coefficient (Wildman–Crippen LogP) is 4.21. The van der Waals surface area contributed by atoms with Gasteiger partial charge in [0, 0.05) is 29.9 Å². The molecule has 0 aliphatic heterocycles. The van der Waals surface area contributed by atoms with E-state index < -0.39 is 0 Å². The molecule has 0 spiro atoms. The van der Waals surface area contributed by atoms with Gasteiger partial charge in [-0.15, -0.1) is 0 Å². The summed E-state index contributed by atoms with van der Waals surface area (Å²) in [5, 5.41) is 7.23. The number of hydrogen-bond donors (Lipinski definition) is 1. The number of carbonyl (C=O) groups excluding carboxylic acids is 1. The van der Waals surface area contributed by atoms with Crippen LogP contribution < -0.4 is 29.0 Å². The van der Waals surface area contributed by atoms with Crippen LogP contribution in [0.1, 0.15) is 18.1 Å². The molecular formula is C26H31N3O6. The van der Waals surface area contributed by atoms with Gasteiger partial charge in [-0.1, -0.05) is 6.07 Å². The van der Waals surface area contributed by atoms with E-state index >= 15 is 0 Å². The lowest BCUT2D eigenvalue weighted by Gasteiger charge is -2.12. The van der Waals surface area contributed by atoms with E-state index in [1.165, 1.54) is 0 Å². The highest BCUT2D eigenvalue weighted by Crippen LogP contribution is 2.35. The second-order valence-corrected chi connectivity index (χ2v) is 7.66. The van der Waals surface area contributed by atoms with Crippen molar-refractivity contribution in [2.45, 2.75) is 19.9 Å². The normalized spacial score (nSPS) is 11.1. The Morgan fingerprint density at radius 3 is 2.17 bits per heavy atom. The number of benzene rings is 2. The van der Waals surface area contributed by atoms with Crippen molar-refractivity contribution < 1.29 is 28.5 Å². The number of rotatable bonds is 11. The molecule has 0 fully saturated rings. The quantitative estimate of drug-likeness (QED) is 0.410. The van der Waals surface area contributed by atoms with Crippen molar-refractivity contribution in [2.75, 3.05) is 40.9 Å². The first-order valence-electron chi connectivity index (χ1n) is 10.9. The minimum absolute atomic E-state index is 0.249. The Morgan fingerprint density at radius 2 is 1.51 bits per heavy atom. The van der Waals surface area contributed by atoms with Crippen LogP contribution in [0.25, 0.3) is 6.08 Å². The number of anilines is 1. The zero-order chi connectivity index (χ0) is 25.4. The largest absolute Gasteiger partial charge is 0.496 e. The van der Waals surface area contributed by atoms with Crippen LogP contribution in [0.3, 0.4) is 0 Å². The standard InChI is InChI=1S/C26H31N3O6/c1-17(11-19-13-24(34-5)25(35-6)14-22(19)32-3)26(30)28-20-15-27-29(16-20)10-9-18-7-8-21(31-2)23(12-18)33-4/h7-8,11-16H,9-10H2,1-6H3,(H,28,30). The number of nitrogens with zero attached hydrogens (tertiary/aromatic N) is 2. The van der Waals surface area contributed by atoms with Gasteiger partial charge in [-0.3, -0.25) is 9.48 Å². The summed E-state index contributed by atoms with van der Waals surface area (Å²) in [6, 6.07) is 9.30. The van der Waals surface area contributed by atoms with Crippen LogP contribution in [0.2, 0.25) is 0 Å². The van der Waals surface area contributed by atoms with Crippen LogP contribution in [0.5, 0.6) is 28.7 Å². The number of ether oxygens (including phenoxy) is 5. The zero-order valence-corrected chi connectivity index (χ0v) is 20.9. The van der Waals surface area contributed by atoms with Crippen LogP contribution in [0.4, 0.5) is 5.69 Å². The maximum absolute atomic E-state index is 12.8. The highest BCUT2D eigenvalue weighted by atomic mass is 16.5. The lowest BCUT2D eigenvalue weighted by Crippen LogP contribution is -2.12. The topological polar surface area (TPSA) is 93.1 Å². The lowest BCUT2D eigenvalue weighted by molar-refractivity contribution is -0.112. The summed E-state index contributed by atoms with van der Waals surface area (Å²) in [5.41, 5.74) is 2.89. The van der Waals surface area contributed by atoms with Crippen LogP contribution in [0, 0.1) is 0 Å². The molecule has 3 rings (SSSR count). The molecule has 1 N–H and O–H groups in total. The fraction of sp³-hybridized carbons (Fsp3) is 0.308. The third-order valence-corrected chi connectivity index (χ3v) is 5.43. The van der Waals surface area contributed by atoms with Gasteiger partial charge in [-0.2, -0.15) is 5.10 Å². The SMILES string of the molecule is COc1cc(OC)c(OC)cc1C=C(C)C(=O)Nc1cnn(CCc2ccc(OC)c(OC)c2)c1. The van der Waals surface area contributed by atoms with Crippen molar-refractivity contribution in [3.8, 4) is 28.7 Å². The van der Waals surface area contributed by atoms with Gasteiger partial charge < -0.3 is 29.0 Å². The van der Waals surface area contributed by atoms with Gasteiger partial charge in [0.05, 0.1) is 47.4 Å². The van der Waals surface area contributed by atoms with Crippen molar-refractivity contribution >= 4 is 17.7 Å². The molecule has 0 aliphatic carbocycles. The summed E-state index contributed by atoms with van der Waals surface area (Å²) in [7, 11) is 7.89. The molecule has 3 aromatic rings. The Balaban J connectivity index is 1.66. The molecule has 35 heavy (non-hydrogen) atoms. The molecule has 0 aliphatic rings. The second-order valence-electron chi connectivity index (χ2n) is 7.66. The average Bonchev–Trinajstić information content (AvgIpc) is 3.33. The van der Waals surface area contributed by atoms with Crippen LogP contribution in [-0.2, 0) is 17.8 Å². The van der Waals surface area contributed by atoms with E-state index in [-0.39, 0.29) is 5.91 Å². The second kappa shape index (κ2) is 11.8. The van der Waals surface area contributed by atoms with Crippen molar-refractivity contribution in [1.82, 2.24) is 9.78 Å². The summed E-state index contributed by atoms with van der Waals surface area (Å²) in [5.74, 6) is 2.79. The minimum Gasteiger partial charge on any atom is -0.496 e. The van der Waals surface area contributed by atoms with E-state index in [1.54, 1.807) is 77.8 Å². The number of nitrogens with one attached hydrogen (secondary N) is 1. The van der Waals surface area contributed by atoms with E-state index in [1.807, 2.05) is 18.2 Å². The first-order chi connectivity index (χ1) is 16.9. The molecule has 9 heteroatoms. The molecular weight excluding hydrogens is 450 g/mol. The third-order valence-electron chi connectivity index (χ3n) is 5.43. The average molecular weight is 482 g/mol. The van der Waals surface area contributed by atoms with Crippen molar-refractivity contribution in [2.24, 2.45) is 0 Å². The van der Waals surface area contributed by atoms with Crippen LogP contribution >= 0.6 is 0 Å². The fourth-order valence-corrected chi connectivity index (χ4v) is 3.52. The molecule has 1 aromatic heterocycles. The summed E-state index contributed by atoms with van der Waals surface area (Å²) in [6.45, 7) is 2.37. The molecule has 2 aromatic carbocycles. The highest BCUT2D eigenvalue weighted by molar-refractivity contribution is 6.06. The van der Waals surface area contributed by atoms with E-state index in [4.69, 9.17) is 23.7 Å². The number of amides is 1. The van der Waals surface area contributed by atoms with E-state index in [9.17, 15) is 4.79 Å². The molecule has 0 atom stereocenters. The van der Waals surface area contributed by atoms with Gasteiger partial charge in [0.1, 0.15) is 5.75 Å². The smallest absolute Gasteiger partial charge is 0.251 e. The van der Waals surface area contributed by atoms with Crippen molar-refractivity contribution in [3.63, 3.8) is 0 Å². The number of aromatic nitrogens is 2. The monoisotopic (exact) mass is 481 g/mol. The Labute approximate surface area is 205 Å². The summed E-state index contributed by atoms with van der Waals surface area (Å²) in [6.07, 6.45) is 5.89. The first-order valence-corrected chi connectivity index (χ1v) is 10.9. The van der Waals surface area contributed by atoms with Crippen molar-refractivity contribution in [1.29, 1.82) is 0 Å². The predicted molar refractivity (Wildman–Crippen MR) is 134 cm³/mol. The van der Waals surface area contributed by atoms with Crippen molar-refractivity contribution in [3.05, 3.63) is 59.4 Å². The highest BCUT2D eigenvalue weighted by Gasteiger charge is 2.13. The summed E-state index contributed by atoms with van der Waals surface area (Å²) < 4.78 is 28.5. The van der Waals surface area contributed by atoms with Gasteiger partial charge in [-0.25, -0.2) is 0 Å². The van der Waals surface area contributed by atoms with E-state index in [0.717, 1.165) is 12.0 Å². The lowest BCUT2D eigenvalue weighted by atomic mass is 10.1. The van der Waals surface area contributed by atoms with Crippen LogP contribution in [-0.4, -0.2) is 51.2 Å². The van der Waals surface area contributed by atoms with E-state index in [0.29, 0.717) is 52.1 Å². The number of carbonyl (C=O) groups is 1. The molecule has 9 nitrogen and oxygen atoms in total. The summed E-state index contributed by atoms with van der Waals surface area (Å²) in [4.78, 5) is 12.8. The summed E-state index contributed by atoms with van der Waals surface area (Å²) >= 11 is 0. The van der Waals surface area contributed by atoms with E-state index in [2.05, 4.69) is 10.4 Å². The Bertz CT molecular complexity index is 1200. The molecule has 0 saturated heterocycles. The Kier molecular flexibility index (Phi) is 8.61. The van der Waals surface area contributed by atoms with Gasteiger partial charge >= 0.3 is 0 Å². The fourth-order valence-electron chi connectivity index (χ4n) is 3.52. The van der Waals surface area contributed by atoms with Gasteiger partial charge in [0.25, 0.3) is 5.91 Å². The number of aryl methyl sites for hydroxylation is 2. The molecule has 186 valence electrons. The molecule has 1 heterocycles. The Morgan fingerprint density at radius 1 is 0.886 bits per heavy atom. The number of methoxy groups -OCH3 is 5. The van der Waals surface area contributed by atoms with Gasteiger partial charge in [0.15, 0.2) is 23.0 Å². The first kappa shape index (κ1) is 25.5. The molecule has 1 amide bonds. The molecule has 0 radical (unpaired) electrons. The molecule has 0 unspecified atom stereocenters. The maximum Gasteiger partial charge on any atom is 0.251 e. The maximum atomic E-state index is 12.8. The Hall–Kier alpha value is -4.14. The zero-order valence-electron chi connectivity index (χ0n) is 20.9. The third kappa shape index (κ3) is 6.26. The van der Waals surface area contributed by atoms with Crippen LogP contribution in [0.15, 0.2) is 48.3 Å². The van der Waals surface area contributed by atoms with Gasteiger partial charge in [0.2, 0.25) is 0 Å². The van der Waals surface area contributed by atoms with Gasteiger partial charge in [-0.05, 0) is 43.2 Å². The minimum atomic E-state index is -0.249. The molecule has 0 bridgehead atoms. The molecule has 0 saturated carbocycles. The number of hydrogen-bond acceptors (Lipinski definition) is 7.